The quantitative estimate of drug-likeness (QED) is 0.230. The highest BCUT2D eigenvalue weighted by Crippen LogP contribution is 2.45. The summed E-state index contributed by atoms with van der Waals surface area (Å²) in [4.78, 5) is 27.6. The minimum atomic E-state index is -1.12. The van der Waals surface area contributed by atoms with E-state index in [0.29, 0.717) is 11.3 Å². The number of hydrogen-bond acceptors (Lipinski definition) is 7. The molecule has 1 N–H and O–H groups in total. The number of carboxylic acid groups (broad SMARTS) is 1. The summed E-state index contributed by atoms with van der Waals surface area (Å²) >= 11 is 1.76. The van der Waals surface area contributed by atoms with Gasteiger partial charge in [0.05, 0.1) is 21.5 Å². The number of aryl methyl sites for hydroxylation is 3. The van der Waals surface area contributed by atoms with Gasteiger partial charge in [-0.25, -0.2) is 9.78 Å². The lowest BCUT2D eigenvalue weighted by atomic mass is 9.81. The van der Waals surface area contributed by atoms with Gasteiger partial charge >= 0.3 is 5.97 Å². The molecule has 0 unspecified atom stereocenters. The van der Waals surface area contributed by atoms with Crippen molar-refractivity contribution in [3.63, 3.8) is 0 Å². The number of hydrogen-bond donors (Lipinski definition) is 1. The molecule has 0 radical (unpaired) electrons. The van der Waals surface area contributed by atoms with E-state index in [1.165, 1.54) is 21.4 Å². The van der Waals surface area contributed by atoms with Crippen LogP contribution in [0.4, 0.5) is 10.8 Å². The lowest BCUT2D eigenvalue weighted by Crippen LogP contribution is -2.39. The van der Waals surface area contributed by atoms with Gasteiger partial charge in [-0.1, -0.05) is 49.4 Å². The number of benzene rings is 2. The zero-order valence-electron chi connectivity index (χ0n) is 28.0. The number of nitrogens with zero attached hydrogens (tertiary/aromatic N) is 4. The monoisotopic (exact) mass is 626 g/mol. The van der Waals surface area contributed by atoms with Crippen LogP contribution in [0.5, 0.6) is 0 Å². The van der Waals surface area contributed by atoms with Crippen LogP contribution in [0.2, 0.25) is 0 Å². The standard InChI is InChI=1S/C37H46N4O3S/c1-22-9-12-29-28(19-22)39-35(45-29)41-16-13-25-20-26(10-11-27(25)21-41)30-23(2)38-24(3)31(33(34(42)43)44-36(4,5)6)32(30)40-17-14-37(7,8)15-18-40/h9-12,19-20,33H,13-18,21H2,1-8H3,(H,42,43)/t33-/m0/s1. The first-order chi connectivity index (χ1) is 21.2. The first-order valence-electron chi connectivity index (χ1n) is 16.1. The third kappa shape index (κ3) is 6.45. The predicted octanol–water partition coefficient (Wildman–Crippen LogP) is 8.41. The van der Waals surface area contributed by atoms with Crippen LogP contribution in [0.15, 0.2) is 36.4 Å². The zero-order valence-corrected chi connectivity index (χ0v) is 28.8. The fraction of sp³-hybridized carbons (Fsp3) is 0.486. The highest BCUT2D eigenvalue weighted by molar-refractivity contribution is 7.22. The van der Waals surface area contributed by atoms with Crippen molar-refractivity contribution in [1.82, 2.24) is 9.97 Å². The maximum Gasteiger partial charge on any atom is 0.337 e. The number of thiazole rings is 1. The molecule has 0 aliphatic carbocycles. The third-order valence-corrected chi connectivity index (χ3v) is 10.4. The minimum Gasteiger partial charge on any atom is -0.479 e. The van der Waals surface area contributed by atoms with Crippen LogP contribution < -0.4 is 9.80 Å². The number of aliphatic carboxylic acids is 1. The highest BCUT2D eigenvalue weighted by Gasteiger charge is 2.36. The van der Waals surface area contributed by atoms with Gasteiger partial charge in [-0.2, -0.15) is 0 Å². The molecule has 0 bridgehead atoms. The molecular formula is C37H46N4O3S. The van der Waals surface area contributed by atoms with Gasteiger partial charge in [0.2, 0.25) is 0 Å². The lowest BCUT2D eigenvalue weighted by molar-refractivity contribution is -0.160. The highest BCUT2D eigenvalue weighted by atomic mass is 32.1. The Morgan fingerprint density at radius 3 is 2.38 bits per heavy atom. The smallest absolute Gasteiger partial charge is 0.337 e. The van der Waals surface area contributed by atoms with Gasteiger partial charge in [0, 0.05) is 48.7 Å². The summed E-state index contributed by atoms with van der Waals surface area (Å²) < 4.78 is 7.49. The summed E-state index contributed by atoms with van der Waals surface area (Å²) in [7, 11) is 0. The summed E-state index contributed by atoms with van der Waals surface area (Å²) in [6.07, 6.45) is 1.87. The maximum atomic E-state index is 12.8. The van der Waals surface area contributed by atoms with Gasteiger partial charge in [0.15, 0.2) is 11.2 Å². The predicted molar refractivity (Wildman–Crippen MR) is 185 cm³/mol. The molecule has 1 atom stereocenters. The topological polar surface area (TPSA) is 78.8 Å². The summed E-state index contributed by atoms with van der Waals surface area (Å²) in [6, 6.07) is 13.2. The van der Waals surface area contributed by atoms with Crippen molar-refractivity contribution in [3.8, 4) is 11.1 Å². The molecule has 238 valence electrons. The van der Waals surface area contributed by atoms with Gasteiger partial charge in [-0.3, -0.25) is 4.98 Å². The molecule has 0 saturated carbocycles. The Morgan fingerprint density at radius 1 is 0.956 bits per heavy atom. The van der Waals surface area contributed by atoms with E-state index in [1.807, 2.05) is 27.7 Å². The molecule has 8 heteroatoms. The number of fused-ring (bicyclic) bond motifs is 2. The molecule has 7 nitrogen and oxygen atoms in total. The molecule has 0 spiro atoms. The normalized spacial score (nSPS) is 17.4. The van der Waals surface area contributed by atoms with E-state index in [9.17, 15) is 9.90 Å². The van der Waals surface area contributed by atoms with E-state index in [4.69, 9.17) is 14.7 Å². The van der Waals surface area contributed by atoms with E-state index in [-0.39, 0.29) is 5.41 Å². The largest absolute Gasteiger partial charge is 0.479 e. The fourth-order valence-electron chi connectivity index (χ4n) is 6.79. The summed E-state index contributed by atoms with van der Waals surface area (Å²) in [5, 5.41) is 11.6. The van der Waals surface area contributed by atoms with E-state index in [0.717, 1.165) is 78.6 Å². The number of aromatic nitrogens is 2. The number of anilines is 2. The molecule has 45 heavy (non-hydrogen) atoms. The molecule has 2 aromatic heterocycles. The minimum absolute atomic E-state index is 0.252. The maximum absolute atomic E-state index is 12.8. The number of carbonyl (C=O) groups is 1. The van der Waals surface area contributed by atoms with E-state index < -0.39 is 17.7 Å². The SMILES string of the molecule is Cc1ccc2sc(N3CCc4cc(-c5c(C)nc(C)c([C@H](OC(C)(C)C)C(=O)O)c5N5CCC(C)(C)CC5)ccc4C3)nc2c1. The molecule has 2 aliphatic rings. The van der Waals surface area contributed by atoms with Crippen molar-refractivity contribution < 1.29 is 14.6 Å². The van der Waals surface area contributed by atoms with Crippen molar-refractivity contribution in [2.45, 2.75) is 92.9 Å². The van der Waals surface area contributed by atoms with Crippen molar-refractivity contribution in [3.05, 3.63) is 70.0 Å². The Bertz CT molecular complexity index is 1760. The molecule has 2 aliphatic heterocycles. The molecule has 1 saturated heterocycles. The molecular weight excluding hydrogens is 580 g/mol. The fourth-order valence-corrected chi connectivity index (χ4v) is 7.76. The van der Waals surface area contributed by atoms with Crippen LogP contribution in [0, 0.1) is 26.2 Å². The van der Waals surface area contributed by atoms with Crippen LogP contribution in [0.25, 0.3) is 21.3 Å². The molecule has 2 aromatic carbocycles. The second-order valence-corrected chi connectivity index (χ2v) is 15.7. The third-order valence-electron chi connectivity index (χ3n) is 9.28. The Kier molecular flexibility index (Phi) is 8.19. The van der Waals surface area contributed by atoms with E-state index >= 15 is 0 Å². The number of ether oxygens (including phenoxy) is 1. The number of rotatable bonds is 6. The van der Waals surface area contributed by atoms with E-state index in [1.54, 1.807) is 11.3 Å². The average molecular weight is 627 g/mol. The first kappa shape index (κ1) is 31.5. The van der Waals surface area contributed by atoms with E-state index in [2.05, 4.69) is 73.9 Å². The van der Waals surface area contributed by atoms with Gasteiger partial charge in [-0.05, 0) is 101 Å². The number of piperidine rings is 1. The zero-order chi connectivity index (χ0) is 32.3. The Hall–Kier alpha value is -3.49. The molecule has 4 heterocycles. The van der Waals surface area contributed by atoms with Crippen molar-refractivity contribution >= 4 is 38.3 Å². The van der Waals surface area contributed by atoms with Crippen molar-refractivity contribution in [1.29, 1.82) is 0 Å². The second-order valence-electron chi connectivity index (χ2n) is 14.6. The molecule has 1 fully saturated rings. The molecule has 0 amide bonds. The van der Waals surface area contributed by atoms with Crippen LogP contribution >= 0.6 is 11.3 Å². The second kappa shape index (κ2) is 11.7. The van der Waals surface area contributed by atoms with Crippen LogP contribution in [-0.2, 0) is 22.5 Å². The summed E-state index contributed by atoms with van der Waals surface area (Å²) in [6.45, 7) is 19.9. The summed E-state index contributed by atoms with van der Waals surface area (Å²) in [5.41, 5.74) is 9.92. The van der Waals surface area contributed by atoms with Crippen molar-refractivity contribution in [2.75, 3.05) is 29.4 Å². The Labute approximate surface area is 271 Å². The number of pyridine rings is 1. The number of carboxylic acids is 1. The average Bonchev–Trinajstić information content (AvgIpc) is 3.38. The van der Waals surface area contributed by atoms with Crippen LogP contribution in [0.1, 0.15) is 87.2 Å². The Balaban J connectivity index is 1.42. The lowest BCUT2D eigenvalue weighted by Gasteiger charge is -2.41. The van der Waals surface area contributed by atoms with Crippen LogP contribution in [0.3, 0.4) is 0 Å². The van der Waals surface area contributed by atoms with Crippen molar-refractivity contribution in [2.24, 2.45) is 5.41 Å². The van der Waals surface area contributed by atoms with Gasteiger partial charge < -0.3 is 19.6 Å². The molecule has 4 aromatic rings. The Morgan fingerprint density at radius 2 is 1.69 bits per heavy atom. The first-order valence-corrected chi connectivity index (χ1v) is 16.9. The van der Waals surface area contributed by atoms with Gasteiger partial charge in [0.1, 0.15) is 0 Å². The van der Waals surface area contributed by atoms with Gasteiger partial charge in [0.25, 0.3) is 0 Å². The molecule has 6 rings (SSSR count). The van der Waals surface area contributed by atoms with Gasteiger partial charge in [-0.15, -0.1) is 0 Å². The van der Waals surface area contributed by atoms with Crippen LogP contribution in [-0.4, -0.2) is 46.3 Å². The summed E-state index contributed by atoms with van der Waals surface area (Å²) in [5.74, 6) is -0.987.